The molecule has 3 aromatic heterocycles. The SMILES string of the molecule is COc1ncc(Cn2c(C)c(Cl)c(OCCc3cnc(Oc4ccc(F)c(C(F)(F)F)c4)c(F)c3)nc2=O)cn1. The van der Waals surface area contributed by atoms with Crippen LogP contribution in [0, 0.1) is 18.6 Å². The Labute approximate surface area is 228 Å². The summed E-state index contributed by atoms with van der Waals surface area (Å²) in [5, 5.41) is 0.0969. The number of methoxy groups -OCH3 is 1. The maximum absolute atomic E-state index is 14.5. The molecule has 0 radical (unpaired) electrons. The molecular formula is C25H19ClF5N5O4. The summed E-state index contributed by atoms with van der Waals surface area (Å²) in [5.41, 5.74) is -0.836. The van der Waals surface area contributed by atoms with E-state index in [-0.39, 0.29) is 36.5 Å². The molecule has 15 heteroatoms. The van der Waals surface area contributed by atoms with E-state index in [0.29, 0.717) is 29.0 Å². The summed E-state index contributed by atoms with van der Waals surface area (Å²) in [6, 6.07) is 3.13. The van der Waals surface area contributed by atoms with Gasteiger partial charge in [-0.25, -0.2) is 28.5 Å². The Hall–Kier alpha value is -4.33. The Morgan fingerprint density at radius 2 is 1.68 bits per heavy atom. The molecule has 0 aliphatic carbocycles. The maximum Gasteiger partial charge on any atom is 0.419 e. The van der Waals surface area contributed by atoms with Crippen molar-refractivity contribution in [3.8, 4) is 23.5 Å². The first-order chi connectivity index (χ1) is 19.0. The second-order valence-corrected chi connectivity index (χ2v) is 8.61. The molecular weight excluding hydrogens is 565 g/mol. The van der Waals surface area contributed by atoms with Crippen LogP contribution in [0.2, 0.25) is 5.02 Å². The minimum absolute atomic E-state index is 0.0594. The van der Waals surface area contributed by atoms with Crippen LogP contribution in [0.5, 0.6) is 23.5 Å². The average molecular weight is 584 g/mol. The smallest absolute Gasteiger partial charge is 0.419 e. The van der Waals surface area contributed by atoms with Gasteiger partial charge in [-0.15, -0.1) is 0 Å². The van der Waals surface area contributed by atoms with E-state index in [1.807, 2.05) is 0 Å². The monoisotopic (exact) mass is 583 g/mol. The molecule has 1 aromatic carbocycles. The maximum atomic E-state index is 14.5. The first kappa shape index (κ1) is 28.7. The molecule has 0 bridgehead atoms. The standard InChI is InChI=1S/C25H19ClF5N5O4/c1-13-20(26)22(35-24(37)36(13)12-15-10-33-23(38-2)34-11-15)39-6-5-14-7-19(28)21(32-9-14)40-16-3-4-18(27)17(8-16)25(29,30)31/h3-4,7-11H,5-6,12H2,1-2H3. The second-order valence-electron chi connectivity index (χ2n) is 8.23. The molecule has 0 unspecified atom stereocenters. The second kappa shape index (κ2) is 11.8. The highest BCUT2D eigenvalue weighted by Crippen LogP contribution is 2.35. The molecule has 0 aliphatic rings. The van der Waals surface area contributed by atoms with E-state index in [9.17, 15) is 26.7 Å². The van der Waals surface area contributed by atoms with Gasteiger partial charge in [0.25, 0.3) is 5.88 Å². The number of aromatic nitrogens is 5. The number of hydrogen-bond acceptors (Lipinski definition) is 8. The number of pyridine rings is 1. The normalized spacial score (nSPS) is 11.4. The number of ether oxygens (including phenoxy) is 3. The van der Waals surface area contributed by atoms with Crippen molar-refractivity contribution in [2.24, 2.45) is 0 Å². The van der Waals surface area contributed by atoms with E-state index in [4.69, 9.17) is 25.8 Å². The minimum atomic E-state index is -4.95. The lowest BCUT2D eigenvalue weighted by Gasteiger charge is -2.14. The fourth-order valence-electron chi connectivity index (χ4n) is 3.45. The van der Waals surface area contributed by atoms with Crippen LogP contribution in [0.25, 0.3) is 0 Å². The van der Waals surface area contributed by atoms with Crippen LogP contribution in [0.4, 0.5) is 22.0 Å². The van der Waals surface area contributed by atoms with Crippen LogP contribution in [0.3, 0.4) is 0 Å². The fraction of sp³-hybridized carbons (Fsp3) is 0.240. The molecule has 0 N–H and O–H groups in total. The van der Waals surface area contributed by atoms with E-state index in [1.54, 1.807) is 6.92 Å². The molecule has 0 aliphatic heterocycles. The number of rotatable bonds is 9. The molecule has 3 heterocycles. The molecule has 4 aromatic rings. The molecule has 0 saturated heterocycles. The number of halogens is 6. The summed E-state index contributed by atoms with van der Waals surface area (Å²) in [4.78, 5) is 28.2. The van der Waals surface area contributed by atoms with Crippen molar-refractivity contribution in [2.45, 2.75) is 26.1 Å². The summed E-state index contributed by atoms with van der Waals surface area (Å²) in [5.74, 6) is -3.61. The summed E-state index contributed by atoms with van der Waals surface area (Å²) in [6.07, 6.45) is -0.613. The molecule has 0 fully saturated rings. The third kappa shape index (κ3) is 6.62. The highest BCUT2D eigenvalue weighted by atomic mass is 35.5. The fourth-order valence-corrected chi connectivity index (χ4v) is 3.65. The van der Waals surface area contributed by atoms with Gasteiger partial charge in [-0.2, -0.15) is 18.2 Å². The Morgan fingerprint density at radius 1 is 0.975 bits per heavy atom. The lowest BCUT2D eigenvalue weighted by molar-refractivity contribution is -0.140. The third-order valence-corrected chi connectivity index (χ3v) is 5.93. The highest BCUT2D eigenvalue weighted by molar-refractivity contribution is 6.32. The molecule has 0 atom stereocenters. The van der Waals surface area contributed by atoms with E-state index in [0.717, 1.165) is 12.1 Å². The lowest BCUT2D eigenvalue weighted by atomic mass is 10.2. The summed E-state index contributed by atoms with van der Waals surface area (Å²) >= 11 is 6.36. The first-order valence-electron chi connectivity index (χ1n) is 11.4. The van der Waals surface area contributed by atoms with Gasteiger partial charge >= 0.3 is 17.9 Å². The van der Waals surface area contributed by atoms with Crippen molar-refractivity contribution in [3.63, 3.8) is 0 Å². The van der Waals surface area contributed by atoms with Crippen LogP contribution in [0.1, 0.15) is 22.4 Å². The van der Waals surface area contributed by atoms with E-state index < -0.39 is 40.7 Å². The number of hydrogen-bond donors (Lipinski definition) is 0. The van der Waals surface area contributed by atoms with Gasteiger partial charge in [0.1, 0.15) is 16.6 Å². The zero-order chi connectivity index (χ0) is 29.0. The van der Waals surface area contributed by atoms with Crippen molar-refractivity contribution in [1.82, 2.24) is 24.5 Å². The van der Waals surface area contributed by atoms with Crippen molar-refractivity contribution >= 4 is 11.6 Å². The molecule has 40 heavy (non-hydrogen) atoms. The first-order valence-corrected chi connectivity index (χ1v) is 11.8. The average Bonchev–Trinajstić information content (AvgIpc) is 2.91. The predicted molar refractivity (Wildman–Crippen MR) is 131 cm³/mol. The van der Waals surface area contributed by atoms with Gasteiger partial charge in [-0.3, -0.25) is 4.57 Å². The number of alkyl halides is 3. The van der Waals surface area contributed by atoms with Crippen LogP contribution in [-0.4, -0.2) is 38.2 Å². The van der Waals surface area contributed by atoms with Gasteiger partial charge in [0.15, 0.2) is 5.82 Å². The van der Waals surface area contributed by atoms with Crippen molar-refractivity contribution in [2.75, 3.05) is 13.7 Å². The molecule has 9 nitrogen and oxygen atoms in total. The Kier molecular flexibility index (Phi) is 8.47. The quantitative estimate of drug-likeness (QED) is 0.249. The molecule has 4 rings (SSSR count). The number of nitrogens with zero attached hydrogens (tertiary/aromatic N) is 5. The van der Waals surface area contributed by atoms with Crippen molar-refractivity contribution < 1.29 is 36.2 Å². The molecule has 0 amide bonds. The third-order valence-electron chi connectivity index (χ3n) is 5.49. The lowest BCUT2D eigenvalue weighted by Crippen LogP contribution is -2.27. The zero-order valence-electron chi connectivity index (χ0n) is 20.8. The predicted octanol–water partition coefficient (Wildman–Crippen LogP) is 5.16. The summed E-state index contributed by atoms with van der Waals surface area (Å²) in [7, 11) is 1.43. The van der Waals surface area contributed by atoms with E-state index in [2.05, 4.69) is 19.9 Å². The topological polar surface area (TPSA) is 101 Å². The Bertz CT molecular complexity index is 1580. The summed E-state index contributed by atoms with van der Waals surface area (Å²) in [6.45, 7) is 1.66. The van der Waals surface area contributed by atoms with E-state index >= 15 is 0 Å². The highest BCUT2D eigenvalue weighted by Gasteiger charge is 2.34. The van der Waals surface area contributed by atoms with Gasteiger partial charge in [0, 0.05) is 36.3 Å². The van der Waals surface area contributed by atoms with Gasteiger partial charge in [0.05, 0.1) is 25.8 Å². The number of benzene rings is 1. The Balaban J connectivity index is 1.40. The van der Waals surface area contributed by atoms with Crippen LogP contribution >= 0.6 is 11.6 Å². The molecule has 210 valence electrons. The minimum Gasteiger partial charge on any atom is -0.476 e. The summed E-state index contributed by atoms with van der Waals surface area (Å²) < 4.78 is 83.5. The zero-order valence-corrected chi connectivity index (χ0v) is 21.6. The van der Waals surface area contributed by atoms with E-state index in [1.165, 1.54) is 30.3 Å². The van der Waals surface area contributed by atoms with Crippen molar-refractivity contribution in [3.05, 3.63) is 92.4 Å². The van der Waals surface area contributed by atoms with Crippen molar-refractivity contribution in [1.29, 1.82) is 0 Å². The van der Waals surface area contributed by atoms with Gasteiger partial charge < -0.3 is 14.2 Å². The van der Waals surface area contributed by atoms with Crippen LogP contribution in [-0.2, 0) is 19.1 Å². The van der Waals surface area contributed by atoms with Gasteiger partial charge in [-0.05, 0) is 36.8 Å². The Morgan fingerprint density at radius 3 is 2.33 bits per heavy atom. The van der Waals surface area contributed by atoms with Gasteiger partial charge in [-0.1, -0.05) is 11.6 Å². The van der Waals surface area contributed by atoms with Gasteiger partial charge in [0.2, 0.25) is 5.88 Å². The van der Waals surface area contributed by atoms with Crippen LogP contribution < -0.4 is 19.9 Å². The van der Waals surface area contributed by atoms with Crippen LogP contribution in [0.15, 0.2) is 47.7 Å². The molecule has 0 saturated carbocycles. The largest absolute Gasteiger partial charge is 0.476 e. The molecule has 0 spiro atoms.